The lowest BCUT2D eigenvalue weighted by Gasteiger charge is -2.17. The number of hydrogen-bond acceptors (Lipinski definition) is 4. The van der Waals surface area contributed by atoms with Crippen LogP contribution in [0.4, 0.5) is 0 Å². The van der Waals surface area contributed by atoms with Gasteiger partial charge < -0.3 is 15.4 Å². The van der Waals surface area contributed by atoms with Gasteiger partial charge in [0.1, 0.15) is 5.75 Å². The van der Waals surface area contributed by atoms with Crippen LogP contribution in [0.25, 0.3) is 10.8 Å². The van der Waals surface area contributed by atoms with E-state index < -0.39 is 0 Å². The smallest absolute Gasteiger partial charge is 0.237 e. The standard InChI is InChI=1S/C19H23N3O2/c1-4-9-22-19(23)15(3)21-11-7-14(2)24-18-6-5-17-13-20-10-8-16(17)12-18/h1,5-6,8,10,12-15,21H,7,9,11H2,2-3H3,(H,22,23)/t14-,15+/m1/s1. The lowest BCUT2D eigenvalue weighted by atomic mass is 10.2. The number of pyridine rings is 1. The van der Waals surface area contributed by atoms with Crippen LogP contribution in [0.15, 0.2) is 36.7 Å². The van der Waals surface area contributed by atoms with Crippen LogP contribution in [0.5, 0.6) is 5.75 Å². The number of nitrogens with zero attached hydrogens (tertiary/aromatic N) is 1. The Morgan fingerprint density at radius 1 is 1.33 bits per heavy atom. The molecule has 0 radical (unpaired) electrons. The molecule has 0 aliphatic heterocycles. The van der Waals surface area contributed by atoms with Crippen LogP contribution in [0, 0.1) is 12.3 Å². The second-order valence-electron chi connectivity index (χ2n) is 5.70. The normalized spacial score (nSPS) is 13.0. The maximum Gasteiger partial charge on any atom is 0.237 e. The molecule has 0 saturated carbocycles. The minimum atomic E-state index is -0.279. The second-order valence-corrected chi connectivity index (χ2v) is 5.70. The average Bonchev–Trinajstić information content (AvgIpc) is 2.59. The molecule has 2 rings (SSSR count). The molecule has 24 heavy (non-hydrogen) atoms. The number of ether oxygens (including phenoxy) is 1. The van der Waals surface area contributed by atoms with E-state index in [2.05, 4.69) is 21.5 Å². The monoisotopic (exact) mass is 325 g/mol. The Labute approximate surface area is 142 Å². The first kappa shape index (κ1) is 17.8. The fourth-order valence-electron chi connectivity index (χ4n) is 2.31. The van der Waals surface area contributed by atoms with Crippen molar-refractivity contribution < 1.29 is 9.53 Å². The zero-order chi connectivity index (χ0) is 17.4. The van der Waals surface area contributed by atoms with Crippen molar-refractivity contribution in [1.29, 1.82) is 0 Å². The van der Waals surface area contributed by atoms with Gasteiger partial charge in [0.05, 0.1) is 18.7 Å². The van der Waals surface area contributed by atoms with Crippen molar-refractivity contribution in [2.24, 2.45) is 0 Å². The zero-order valence-electron chi connectivity index (χ0n) is 14.1. The van der Waals surface area contributed by atoms with E-state index in [1.54, 1.807) is 6.20 Å². The summed E-state index contributed by atoms with van der Waals surface area (Å²) >= 11 is 0. The van der Waals surface area contributed by atoms with Crippen LogP contribution < -0.4 is 15.4 Å². The fraction of sp³-hybridized carbons (Fsp3) is 0.368. The zero-order valence-corrected chi connectivity index (χ0v) is 14.1. The predicted molar refractivity (Wildman–Crippen MR) is 95.8 cm³/mol. The van der Waals surface area contributed by atoms with Gasteiger partial charge >= 0.3 is 0 Å². The van der Waals surface area contributed by atoms with Gasteiger partial charge in [-0.1, -0.05) is 5.92 Å². The van der Waals surface area contributed by atoms with Gasteiger partial charge in [-0.3, -0.25) is 9.78 Å². The molecule has 0 aliphatic carbocycles. The largest absolute Gasteiger partial charge is 0.491 e. The van der Waals surface area contributed by atoms with Crippen LogP contribution in [0.3, 0.4) is 0 Å². The molecule has 1 aromatic carbocycles. The van der Waals surface area contributed by atoms with Gasteiger partial charge in [-0.2, -0.15) is 0 Å². The molecule has 0 aliphatic rings. The molecule has 126 valence electrons. The first-order valence-corrected chi connectivity index (χ1v) is 8.05. The lowest BCUT2D eigenvalue weighted by molar-refractivity contribution is -0.122. The number of benzene rings is 1. The highest BCUT2D eigenvalue weighted by Gasteiger charge is 2.12. The van der Waals surface area contributed by atoms with Gasteiger partial charge in [-0.25, -0.2) is 0 Å². The molecule has 0 fully saturated rings. The van der Waals surface area contributed by atoms with Crippen molar-refractivity contribution in [3.05, 3.63) is 36.7 Å². The maximum atomic E-state index is 11.7. The summed E-state index contributed by atoms with van der Waals surface area (Å²) in [6.07, 6.45) is 9.55. The quantitative estimate of drug-likeness (QED) is 0.730. The number of rotatable bonds is 8. The number of terminal acetylenes is 1. The summed E-state index contributed by atoms with van der Waals surface area (Å²) in [5, 5.41) is 8.01. The molecule has 1 amide bonds. The van der Waals surface area contributed by atoms with Gasteiger partial charge in [0.2, 0.25) is 5.91 Å². The van der Waals surface area contributed by atoms with Crippen LogP contribution in [-0.2, 0) is 4.79 Å². The molecule has 2 aromatic rings. The second kappa shape index (κ2) is 8.90. The summed E-state index contributed by atoms with van der Waals surface area (Å²) < 4.78 is 5.94. The number of hydrogen-bond donors (Lipinski definition) is 2. The number of carbonyl (C=O) groups is 1. The molecule has 1 aromatic heterocycles. The minimum Gasteiger partial charge on any atom is -0.491 e. The number of nitrogens with one attached hydrogen (secondary N) is 2. The molecule has 0 spiro atoms. The van der Waals surface area contributed by atoms with Crippen LogP contribution >= 0.6 is 0 Å². The molecule has 2 atom stereocenters. The fourth-order valence-corrected chi connectivity index (χ4v) is 2.31. The molecule has 1 heterocycles. The van der Waals surface area contributed by atoms with Crippen molar-refractivity contribution >= 4 is 16.7 Å². The Morgan fingerprint density at radius 2 is 2.17 bits per heavy atom. The Bertz CT molecular complexity index is 724. The van der Waals surface area contributed by atoms with E-state index in [1.807, 2.05) is 44.3 Å². The summed E-state index contributed by atoms with van der Waals surface area (Å²) in [5.41, 5.74) is 0. The van der Waals surface area contributed by atoms with E-state index >= 15 is 0 Å². The van der Waals surface area contributed by atoms with Gasteiger partial charge in [-0.05, 0) is 56.5 Å². The van der Waals surface area contributed by atoms with Crippen LogP contribution in [0.2, 0.25) is 0 Å². The third-order valence-electron chi connectivity index (χ3n) is 3.71. The number of carbonyl (C=O) groups excluding carboxylic acids is 1. The van der Waals surface area contributed by atoms with E-state index in [0.717, 1.165) is 22.9 Å². The Morgan fingerprint density at radius 3 is 2.96 bits per heavy atom. The van der Waals surface area contributed by atoms with Gasteiger partial charge in [-0.15, -0.1) is 6.42 Å². The highest BCUT2D eigenvalue weighted by Crippen LogP contribution is 2.21. The summed E-state index contributed by atoms with van der Waals surface area (Å²) in [6, 6.07) is 7.64. The highest BCUT2D eigenvalue weighted by atomic mass is 16.5. The molecular weight excluding hydrogens is 302 g/mol. The molecule has 0 bridgehead atoms. The molecule has 0 saturated heterocycles. The Balaban J connectivity index is 1.77. The molecular formula is C19H23N3O2. The van der Waals surface area contributed by atoms with E-state index in [9.17, 15) is 4.79 Å². The van der Waals surface area contributed by atoms with Crippen molar-refractivity contribution in [3.63, 3.8) is 0 Å². The Kier molecular flexibility index (Phi) is 6.59. The van der Waals surface area contributed by atoms with Crippen LogP contribution in [-0.4, -0.2) is 36.1 Å². The summed E-state index contributed by atoms with van der Waals surface area (Å²) in [6.45, 7) is 4.77. The minimum absolute atomic E-state index is 0.0396. The van der Waals surface area contributed by atoms with Crippen molar-refractivity contribution in [2.45, 2.75) is 32.4 Å². The van der Waals surface area contributed by atoms with Gasteiger partial charge in [0, 0.05) is 17.8 Å². The first-order valence-electron chi connectivity index (χ1n) is 8.05. The molecule has 2 N–H and O–H groups in total. The maximum absolute atomic E-state index is 11.7. The summed E-state index contributed by atoms with van der Waals surface area (Å²) in [4.78, 5) is 15.8. The summed E-state index contributed by atoms with van der Waals surface area (Å²) in [5.74, 6) is 3.13. The van der Waals surface area contributed by atoms with E-state index in [4.69, 9.17) is 11.2 Å². The third kappa shape index (κ3) is 5.25. The van der Waals surface area contributed by atoms with E-state index in [1.165, 1.54) is 0 Å². The van der Waals surface area contributed by atoms with E-state index in [-0.39, 0.29) is 24.6 Å². The lowest BCUT2D eigenvalue weighted by Crippen LogP contribution is -2.43. The highest BCUT2D eigenvalue weighted by molar-refractivity contribution is 5.82. The summed E-state index contributed by atoms with van der Waals surface area (Å²) in [7, 11) is 0. The number of amides is 1. The number of aromatic nitrogens is 1. The molecule has 5 heteroatoms. The average molecular weight is 325 g/mol. The predicted octanol–water partition coefficient (Wildman–Crippen LogP) is 2.12. The van der Waals surface area contributed by atoms with Gasteiger partial charge in [0.15, 0.2) is 0 Å². The van der Waals surface area contributed by atoms with E-state index in [0.29, 0.717) is 6.54 Å². The number of fused-ring (bicyclic) bond motifs is 1. The van der Waals surface area contributed by atoms with Crippen molar-refractivity contribution in [1.82, 2.24) is 15.6 Å². The van der Waals surface area contributed by atoms with Gasteiger partial charge in [0.25, 0.3) is 0 Å². The van der Waals surface area contributed by atoms with Crippen molar-refractivity contribution in [3.8, 4) is 18.1 Å². The third-order valence-corrected chi connectivity index (χ3v) is 3.71. The topological polar surface area (TPSA) is 63.2 Å². The van der Waals surface area contributed by atoms with Crippen LogP contribution in [0.1, 0.15) is 20.3 Å². The first-order chi connectivity index (χ1) is 11.6. The van der Waals surface area contributed by atoms with Crippen molar-refractivity contribution in [2.75, 3.05) is 13.1 Å². The molecule has 5 nitrogen and oxygen atoms in total. The molecule has 0 unspecified atom stereocenters. The Hall–Kier alpha value is -2.58. The SMILES string of the molecule is C#CCNC(=O)[C@H](C)NCC[C@@H](C)Oc1ccc2cnccc2c1.